The molecule has 0 bridgehead atoms. The van der Waals surface area contributed by atoms with E-state index in [2.05, 4.69) is 117 Å². The molecule has 0 aromatic heterocycles. The molecule has 1 atom stereocenters. The highest BCUT2D eigenvalue weighted by Gasteiger charge is 2.32. The highest BCUT2D eigenvalue weighted by atomic mass is 16.5. The van der Waals surface area contributed by atoms with E-state index in [0.29, 0.717) is 6.61 Å². The highest BCUT2D eigenvalue weighted by molar-refractivity contribution is 6.10. The van der Waals surface area contributed by atoms with Gasteiger partial charge < -0.3 is 4.74 Å². The van der Waals surface area contributed by atoms with Crippen LogP contribution in [0.3, 0.4) is 0 Å². The van der Waals surface area contributed by atoms with Gasteiger partial charge in [0.2, 0.25) is 0 Å². The van der Waals surface area contributed by atoms with E-state index in [1.807, 2.05) is 0 Å². The molecule has 39 heavy (non-hydrogen) atoms. The smallest absolute Gasteiger partial charge is 0.0813 e. The van der Waals surface area contributed by atoms with Crippen molar-refractivity contribution < 1.29 is 4.74 Å². The van der Waals surface area contributed by atoms with Gasteiger partial charge in [0.25, 0.3) is 0 Å². The van der Waals surface area contributed by atoms with Crippen molar-refractivity contribution in [1.29, 1.82) is 0 Å². The van der Waals surface area contributed by atoms with Crippen LogP contribution in [0.5, 0.6) is 0 Å². The molecule has 1 nitrogen and oxygen atoms in total. The molecule has 0 amide bonds. The molecular formula is C38H30O. The second-order valence-electron chi connectivity index (χ2n) is 11.2. The Hall–Kier alpha value is -4.20. The minimum Gasteiger partial charge on any atom is -0.369 e. The van der Waals surface area contributed by atoms with Crippen LogP contribution in [0.25, 0.3) is 54.9 Å². The van der Waals surface area contributed by atoms with E-state index in [1.165, 1.54) is 82.7 Å². The average Bonchev–Trinajstić information content (AvgIpc) is 3.13. The molecule has 0 saturated carbocycles. The number of aryl methyl sites for hydroxylation is 3. The van der Waals surface area contributed by atoms with Crippen LogP contribution < -0.4 is 0 Å². The lowest BCUT2D eigenvalue weighted by atomic mass is 9.74. The Morgan fingerprint density at radius 3 is 1.92 bits per heavy atom. The van der Waals surface area contributed by atoms with Gasteiger partial charge in [-0.3, -0.25) is 0 Å². The first-order valence-corrected chi connectivity index (χ1v) is 14.1. The van der Waals surface area contributed by atoms with E-state index < -0.39 is 0 Å². The van der Waals surface area contributed by atoms with Crippen LogP contribution in [-0.4, -0.2) is 0 Å². The Labute approximate surface area is 229 Å². The number of fused-ring (bicyclic) bond motifs is 11. The van der Waals surface area contributed by atoms with Gasteiger partial charge in [-0.1, -0.05) is 109 Å². The first kappa shape index (κ1) is 22.8. The summed E-state index contributed by atoms with van der Waals surface area (Å²) in [7, 11) is 0. The zero-order chi connectivity index (χ0) is 26.1. The van der Waals surface area contributed by atoms with E-state index in [-0.39, 0.29) is 6.10 Å². The largest absolute Gasteiger partial charge is 0.369 e. The van der Waals surface area contributed by atoms with Crippen molar-refractivity contribution in [2.75, 3.05) is 0 Å². The molecule has 1 heteroatoms. The zero-order valence-electron chi connectivity index (χ0n) is 22.4. The summed E-state index contributed by atoms with van der Waals surface area (Å²) in [6.07, 6.45) is 2.07. The first-order valence-electron chi connectivity index (χ1n) is 14.1. The number of benzene rings is 6. The van der Waals surface area contributed by atoms with Gasteiger partial charge in [0.1, 0.15) is 0 Å². The molecule has 1 aliphatic heterocycles. The summed E-state index contributed by atoms with van der Waals surface area (Å²) in [4.78, 5) is 0. The number of ether oxygens (including phenoxy) is 1. The highest BCUT2D eigenvalue weighted by Crippen LogP contribution is 2.53. The van der Waals surface area contributed by atoms with Crippen LogP contribution >= 0.6 is 0 Å². The number of rotatable bonds is 1. The van der Waals surface area contributed by atoms with Crippen molar-refractivity contribution in [2.24, 2.45) is 0 Å². The maximum atomic E-state index is 6.66. The summed E-state index contributed by atoms with van der Waals surface area (Å²) in [5.74, 6) is 0. The first-order chi connectivity index (χ1) is 19.2. The molecule has 6 aromatic carbocycles. The third-order valence-electron chi connectivity index (χ3n) is 8.90. The van der Waals surface area contributed by atoms with Crippen molar-refractivity contribution in [1.82, 2.24) is 0 Å². The van der Waals surface area contributed by atoms with Crippen molar-refractivity contribution in [3.63, 3.8) is 0 Å². The summed E-state index contributed by atoms with van der Waals surface area (Å²) >= 11 is 0. The van der Waals surface area contributed by atoms with Gasteiger partial charge in [-0.15, -0.1) is 0 Å². The normalized spacial score (nSPS) is 15.8. The Balaban J connectivity index is 1.60. The van der Waals surface area contributed by atoms with Crippen molar-refractivity contribution in [3.05, 3.63) is 131 Å². The van der Waals surface area contributed by atoms with Crippen molar-refractivity contribution >= 4 is 21.5 Å². The van der Waals surface area contributed by atoms with Crippen LogP contribution in [-0.2, 0) is 24.2 Å². The van der Waals surface area contributed by atoms with Gasteiger partial charge in [0.05, 0.1) is 12.7 Å². The Kier molecular flexibility index (Phi) is 5.05. The summed E-state index contributed by atoms with van der Waals surface area (Å²) < 4.78 is 6.66. The molecule has 1 aliphatic carbocycles. The van der Waals surface area contributed by atoms with Crippen LogP contribution in [0.4, 0.5) is 0 Å². The predicted octanol–water partition coefficient (Wildman–Crippen LogP) is 9.99. The van der Waals surface area contributed by atoms with Crippen LogP contribution in [0.15, 0.2) is 103 Å². The summed E-state index contributed by atoms with van der Waals surface area (Å²) in [5, 5.41) is 5.24. The van der Waals surface area contributed by atoms with E-state index in [9.17, 15) is 0 Å². The standard InChI is InChI=1S/C38H30O/c1-23-11-13-27(14-12-23)33-21-29-19-18-28-17-15-25-7-3-5-9-31(25)35(28)37(29)38-34(33)24(2)39-22-30-20-16-26-8-4-6-10-32(26)36(30)38/h3-17,20-21,24H,18-19,22H2,1-2H3/t24-/m0/s1. The Morgan fingerprint density at radius 2 is 1.21 bits per heavy atom. The number of hydrogen-bond acceptors (Lipinski definition) is 1. The molecule has 0 N–H and O–H groups in total. The molecule has 8 rings (SSSR count). The minimum atomic E-state index is -0.0341. The summed E-state index contributed by atoms with van der Waals surface area (Å²) in [5.41, 5.74) is 14.9. The summed E-state index contributed by atoms with van der Waals surface area (Å²) in [6.45, 7) is 5.01. The van der Waals surface area contributed by atoms with E-state index in [4.69, 9.17) is 4.74 Å². The lowest BCUT2D eigenvalue weighted by Crippen LogP contribution is -2.10. The molecule has 188 valence electrons. The van der Waals surface area contributed by atoms with E-state index in [0.717, 1.165) is 12.8 Å². The fourth-order valence-corrected chi connectivity index (χ4v) is 7.01. The maximum absolute atomic E-state index is 6.66. The molecule has 1 heterocycles. The van der Waals surface area contributed by atoms with Crippen LogP contribution in [0.2, 0.25) is 0 Å². The predicted molar refractivity (Wildman–Crippen MR) is 163 cm³/mol. The molecule has 0 spiro atoms. The van der Waals surface area contributed by atoms with Crippen molar-refractivity contribution in [3.8, 4) is 33.4 Å². The third kappa shape index (κ3) is 3.43. The van der Waals surface area contributed by atoms with Crippen LogP contribution in [0.1, 0.15) is 40.8 Å². The maximum Gasteiger partial charge on any atom is 0.0813 e. The minimum absolute atomic E-state index is 0.0341. The van der Waals surface area contributed by atoms with E-state index >= 15 is 0 Å². The molecule has 0 radical (unpaired) electrons. The van der Waals surface area contributed by atoms with Gasteiger partial charge in [0, 0.05) is 0 Å². The molecule has 0 unspecified atom stereocenters. The second-order valence-corrected chi connectivity index (χ2v) is 11.2. The number of hydrogen-bond donors (Lipinski definition) is 0. The SMILES string of the molecule is Cc1ccc(-c2cc3c(c4c2[C@H](C)OCc2ccc5ccccc5c2-4)-c2c(ccc4ccccc24)CC3)cc1. The average molecular weight is 503 g/mol. The molecular weight excluding hydrogens is 472 g/mol. The Bertz CT molecular complexity index is 1930. The monoisotopic (exact) mass is 502 g/mol. The summed E-state index contributed by atoms with van der Waals surface area (Å²) in [6, 6.07) is 38.5. The van der Waals surface area contributed by atoms with Crippen molar-refractivity contribution in [2.45, 2.75) is 39.4 Å². The van der Waals surface area contributed by atoms with Gasteiger partial charge in [0.15, 0.2) is 0 Å². The molecule has 0 saturated heterocycles. The topological polar surface area (TPSA) is 9.23 Å². The molecule has 6 aromatic rings. The second kappa shape index (κ2) is 8.66. The van der Waals surface area contributed by atoms with Crippen LogP contribution in [0, 0.1) is 6.92 Å². The van der Waals surface area contributed by atoms with Gasteiger partial charge >= 0.3 is 0 Å². The Morgan fingerprint density at radius 1 is 0.590 bits per heavy atom. The van der Waals surface area contributed by atoms with Gasteiger partial charge in [-0.2, -0.15) is 0 Å². The van der Waals surface area contributed by atoms with Gasteiger partial charge in [-0.05, 0) is 104 Å². The quantitative estimate of drug-likeness (QED) is 0.217. The fraction of sp³-hybridized carbons (Fsp3) is 0.158. The lowest BCUT2D eigenvalue weighted by Gasteiger charge is -2.30. The zero-order valence-corrected chi connectivity index (χ0v) is 22.4. The molecule has 2 aliphatic rings. The van der Waals surface area contributed by atoms with E-state index in [1.54, 1.807) is 0 Å². The fourth-order valence-electron chi connectivity index (χ4n) is 7.01. The lowest BCUT2D eigenvalue weighted by molar-refractivity contribution is 0.0554. The van der Waals surface area contributed by atoms with Gasteiger partial charge in [-0.25, -0.2) is 0 Å². The third-order valence-corrected chi connectivity index (χ3v) is 8.90. The molecule has 0 fully saturated rings.